The number of carbonyl (C=O) groups excluding carboxylic acids is 1. The van der Waals surface area contributed by atoms with Crippen LogP contribution in [0.4, 0.5) is 5.69 Å². The molecule has 2 aromatic heterocycles. The minimum atomic E-state index is -0.265. The number of amides is 1. The van der Waals surface area contributed by atoms with Crippen LogP contribution < -0.4 is 16.6 Å². The molecule has 0 bridgehead atoms. The number of anilines is 1. The molecule has 0 aliphatic rings. The van der Waals surface area contributed by atoms with E-state index in [0.29, 0.717) is 18.1 Å². The number of nitrogens with two attached hydrogens (primary N) is 1. The zero-order valence-electron chi connectivity index (χ0n) is 12.3. The fourth-order valence-corrected chi connectivity index (χ4v) is 2.61. The molecule has 21 heavy (non-hydrogen) atoms. The van der Waals surface area contributed by atoms with Gasteiger partial charge < -0.3 is 10.7 Å². The van der Waals surface area contributed by atoms with Gasteiger partial charge in [-0.05, 0) is 19.1 Å². The number of thiophene rings is 1. The van der Waals surface area contributed by atoms with Crippen LogP contribution in [0.25, 0.3) is 0 Å². The minimum Gasteiger partial charge on any atom is -0.346 e. The van der Waals surface area contributed by atoms with E-state index in [1.165, 1.54) is 11.1 Å². The van der Waals surface area contributed by atoms with Crippen molar-refractivity contribution in [3.63, 3.8) is 0 Å². The number of carbonyl (C=O) groups is 1. The first kappa shape index (κ1) is 15.4. The zero-order valence-corrected chi connectivity index (χ0v) is 13.1. The Bertz CT molecular complexity index is 638. The Hall–Kier alpha value is -1.99. The summed E-state index contributed by atoms with van der Waals surface area (Å²) in [5.41, 5.74) is 3.15. The maximum atomic E-state index is 12.3. The lowest BCUT2D eigenvalue weighted by molar-refractivity contribution is 0.0946. The molecule has 0 fully saturated rings. The van der Waals surface area contributed by atoms with Crippen molar-refractivity contribution in [2.24, 2.45) is 5.84 Å². The molecule has 0 spiro atoms. The van der Waals surface area contributed by atoms with Crippen molar-refractivity contribution >= 4 is 22.9 Å². The van der Waals surface area contributed by atoms with Crippen LogP contribution in [-0.2, 0) is 6.54 Å². The van der Waals surface area contributed by atoms with Crippen LogP contribution in [0.15, 0.2) is 18.3 Å². The molecule has 0 radical (unpaired) electrons. The van der Waals surface area contributed by atoms with Crippen LogP contribution in [0.5, 0.6) is 0 Å². The summed E-state index contributed by atoms with van der Waals surface area (Å²) in [6, 6.07) is 4.03. The number of nitrogens with one attached hydrogen (secondary N) is 2. The van der Waals surface area contributed by atoms with Gasteiger partial charge in [-0.3, -0.25) is 10.6 Å². The van der Waals surface area contributed by atoms with Crippen molar-refractivity contribution in [1.82, 2.24) is 15.3 Å². The summed E-state index contributed by atoms with van der Waals surface area (Å²) >= 11 is 1.66. The molecule has 0 saturated heterocycles. The van der Waals surface area contributed by atoms with E-state index >= 15 is 0 Å². The first-order valence-electron chi connectivity index (χ1n) is 6.68. The van der Waals surface area contributed by atoms with Gasteiger partial charge in [0.15, 0.2) is 5.69 Å². The molecule has 0 aromatic carbocycles. The monoisotopic (exact) mass is 305 g/mol. The molecule has 0 aliphatic carbocycles. The van der Waals surface area contributed by atoms with Crippen LogP contribution in [0.1, 0.15) is 45.8 Å². The quantitative estimate of drug-likeness (QED) is 0.581. The number of aryl methyl sites for hydroxylation is 1. The molecule has 0 unspecified atom stereocenters. The molecule has 1 amide bonds. The third-order valence-corrected chi connectivity index (χ3v) is 3.91. The third-order valence-electron chi connectivity index (χ3n) is 2.91. The zero-order chi connectivity index (χ0) is 15.4. The molecule has 0 aliphatic heterocycles. The summed E-state index contributed by atoms with van der Waals surface area (Å²) in [5, 5.41) is 2.86. The van der Waals surface area contributed by atoms with E-state index in [2.05, 4.69) is 20.7 Å². The van der Waals surface area contributed by atoms with Gasteiger partial charge in [0.25, 0.3) is 5.91 Å². The van der Waals surface area contributed by atoms with Crippen LogP contribution in [0, 0.1) is 6.92 Å². The summed E-state index contributed by atoms with van der Waals surface area (Å²) in [6.07, 6.45) is 1.53. The normalized spacial score (nSPS) is 10.7. The van der Waals surface area contributed by atoms with Gasteiger partial charge in [-0.2, -0.15) is 0 Å². The number of hydrazine groups is 1. The average molecular weight is 305 g/mol. The van der Waals surface area contributed by atoms with Crippen LogP contribution in [-0.4, -0.2) is 15.9 Å². The summed E-state index contributed by atoms with van der Waals surface area (Å²) < 4.78 is 0. The molecule has 7 heteroatoms. The lowest BCUT2D eigenvalue weighted by atomic mass is 10.2. The Labute approximate surface area is 127 Å². The van der Waals surface area contributed by atoms with Gasteiger partial charge in [0.2, 0.25) is 0 Å². The van der Waals surface area contributed by atoms with Crippen molar-refractivity contribution < 1.29 is 4.79 Å². The van der Waals surface area contributed by atoms with E-state index in [4.69, 9.17) is 5.84 Å². The minimum absolute atomic E-state index is 0.142. The molecule has 0 saturated carbocycles. The molecular formula is C14H19N5OS. The van der Waals surface area contributed by atoms with Gasteiger partial charge in [-0.1, -0.05) is 13.8 Å². The number of hydrogen-bond acceptors (Lipinski definition) is 6. The van der Waals surface area contributed by atoms with E-state index in [-0.39, 0.29) is 17.5 Å². The first-order chi connectivity index (χ1) is 10.0. The maximum absolute atomic E-state index is 12.3. The predicted octanol–water partition coefficient (Wildman–Crippen LogP) is 2.19. The lowest BCUT2D eigenvalue weighted by Gasteiger charge is -2.11. The summed E-state index contributed by atoms with van der Waals surface area (Å²) in [4.78, 5) is 23.1. The van der Waals surface area contributed by atoms with Crippen molar-refractivity contribution in [3.05, 3.63) is 39.6 Å². The van der Waals surface area contributed by atoms with Crippen LogP contribution in [0.2, 0.25) is 0 Å². The Kier molecular flexibility index (Phi) is 4.87. The summed E-state index contributed by atoms with van der Waals surface area (Å²) in [6.45, 7) is 6.45. The number of nitrogens with zero attached hydrogens (tertiary/aromatic N) is 2. The second-order valence-electron chi connectivity index (χ2n) is 4.98. The van der Waals surface area contributed by atoms with E-state index in [9.17, 15) is 4.79 Å². The first-order valence-corrected chi connectivity index (χ1v) is 7.50. The topological polar surface area (TPSA) is 92.9 Å². The van der Waals surface area contributed by atoms with E-state index < -0.39 is 0 Å². The predicted molar refractivity (Wildman–Crippen MR) is 84.2 cm³/mol. The summed E-state index contributed by atoms with van der Waals surface area (Å²) in [5.74, 6) is 5.91. The van der Waals surface area contributed by atoms with Crippen molar-refractivity contribution in [2.45, 2.75) is 33.2 Å². The number of hydrogen-bond donors (Lipinski definition) is 3. The number of rotatable bonds is 5. The highest BCUT2D eigenvalue weighted by atomic mass is 32.1. The molecule has 2 heterocycles. The highest BCUT2D eigenvalue weighted by Gasteiger charge is 2.16. The van der Waals surface area contributed by atoms with Gasteiger partial charge in [-0.15, -0.1) is 11.3 Å². The Morgan fingerprint density at radius 1 is 1.43 bits per heavy atom. The fraction of sp³-hybridized carbons (Fsp3) is 0.357. The van der Waals surface area contributed by atoms with E-state index in [1.54, 1.807) is 11.3 Å². The largest absolute Gasteiger partial charge is 0.346 e. The molecule has 0 atom stereocenters. The van der Waals surface area contributed by atoms with Crippen molar-refractivity contribution in [1.29, 1.82) is 0 Å². The molecule has 4 N–H and O–H groups in total. The van der Waals surface area contributed by atoms with Gasteiger partial charge in [0, 0.05) is 15.7 Å². The Morgan fingerprint density at radius 2 is 2.19 bits per heavy atom. The molecule has 2 aromatic rings. The van der Waals surface area contributed by atoms with Gasteiger partial charge in [-0.25, -0.2) is 9.97 Å². The standard InChI is InChI=1S/C14H19N5OS/c1-8(2)13-16-7-11(19-15)12(18-13)14(20)17-6-10-5-4-9(3)21-10/h4-5,7-8,19H,6,15H2,1-3H3,(H,17,20). The molecule has 112 valence electrons. The molecular weight excluding hydrogens is 286 g/mol. The van der Waals surface area contributed by atoms with Crippen LogP contribution >= 0.6 is 11.3 Å². The van der Waals surface area contributed by atoms with Gasteiger partial charge >= 0.3 is 0 Å². The number of aromatic nitrogens is 2. The highest BCUT2D eigenvalue weighted by molar-refractivity contribution is 7.11. The second kappa shape index (κ2) is 6.64. The maximum Gasteiger partial charge on any atom is 0.272 e. The Balaban J connectivity index is 2.15. The van der Waals surface area contributed by atoms with Crippen molar-refractivity contribution in [3.8, 4) is 0 Å². The smallest absolute Gasteiger partial charge is 0.272 e. The Morgan fingerprint density at radius 3 is 2.76 bits per heavy atom. The van der Waals surface area contributed by atoms with Crippen LogP contribution in [0.3, 0.4) is 0 Å². The molecule has 6 nitrogen and oxygen atoms in total. The van der Waals surface area contributed by atoms with Crippen molar-refractivity contribution in [2.75, 3.05) is 5.43 Å². The summed E-state index contributed by atoms with van der Waals surface area (Å²) in [7, 11) is 0. The van der Waals surface area contributed by atoms with E-state index in [0.717, 1.165) is 4.88 Å². The van der Waals surface area contributed by atoms with Gasteiger partial charge in [0.05, 0.1) is 18.4 Å². The lowest BCUT2D eigenvalue weighted by Crippen LogP contribution is -2.26. The average Bonchev–Trinajstić information content (AvgIpc) is 2.89. The highest BCUT2D eigenvalue weighted by Crippen LogP contribution is 2.17. The fourth-order valence-electron chi connectivity index (χ4n) is 1.78. The third kappa shape index (κ3) is 3.77. The SMILES string of the molecule is Cc1ccc(CNC(=O)c2nc(C(C)C)ncc2NN)s1. The van der Waals surface area contributed by atoms with Gasteiger partial charge in [0.1, 0.15) is 5.82 Å². The second-order valence-corrected chi connectivity index (χ2v) is 6.36. The van der Waals surface area contributed by atoms with E-state index in [1.807, 2.05) is 32.9 Å². The number of nitrogen functional groups attached to an aromatic ring is 1. The molecule has 2 rings (SSSR count).